The van der Waals surface area contributed by atoms with Crippen LogP contribution < -0.4 is 0 Å². The summed E-state index contributed by atoms with van der Waals surface area (Å²) in [5, 5.41) is 2.37. The van der Waals surface area contributed by atoms with Crippen molar-refractivity contribution >= 4 is 28.9 Å². The van der Waals surface area contributed by atoms with E-state index >= 15 is 0 Å². The van der Waals surface area contributed by atoms with E-state index in [9.17, 15) is 13.6 Å². The molecule has 0 saturated carbocycles. The number of nitrogens with zero attached hydrogens (tertiary/aromatic N) is 1. The summed E-state index contributed by atoms with van der Waals surface area (Å²) in [6, 6.07) is 9.36. The molecule has 0 amide bonds. The van der Waals surface area contributed by atoms with Gasteiger partial charge in [0.25, 0.3) is 0 Å². The van der Waals surface area contributed by atoms with E-state index in [1.807, 2.05) is 31.2 Å². The number of aromatic nitrogens is 1. The third-order valence-corrected chi connectivity index (χ3v) is 4.68. The van der Waals surface area contributed by atoms with Gasteiger partial charge in [0.05, 0.1) is 16.3 Å². The molecule has 0 N–H and O–H groups in total. The first-order valence-corrected chi connectivity index (χ1v) is 8.53. The number of halogens is 3. The molecule has 0 aliphatic heterocycles. The number of thiazole rings is 1. The van der Waals surface area contributed by atoms with Crippen molar-refractivity contribution in [1.82, 2.24) is 4.98 Å². The van der Waals surface area contributed by atoms with Crippen molar-refractivity contribution in [3.63, 3.8) is 0 Å². The van der Waals surface area contributed by atoms with E-state index in [1.54, 1.807) is 5.38 Å². The van der Waals surface area contributed by atoms with Crippen LogP contribution in [0.4, 0.5) is 8.78 Å². The number of benzene rings is 2. The van der Waals surface area contributed by atoms with Crippen molar-refractivity contribution in [2.45, 2.75) is 13.5 Å². The third kappa shape index (κ3) is 4.03. The number of hydrogen-bond acceptors (Lipinski definition) is 4. The van der Waals surface area contributed by atoms with Gasteiger partial charge in [0.2, 0.25) is 0 Å². The van der Waals surface area contributed by atoms with Crippen molar-refractivity contribution in [3.05, 3.63) is 75.3 Å². The van der Waals surface area contributed by atoms with E-state index in [1.165, 1.54) is 11.3 Å². The van der Waals surface area contributed by atoms with Gasteiger partial charge in [0.15, 0.2) is 11.6 Å². The predicted molar refractivity (Wildman–Crippen MR) is 92.8 cm³/mol. The molecule has 0 bridgehead atoms. The first-order valence-electron chi connectivity index (χ1n) is 7.27. The normalized spacial score (nSPS) is 10.7. The van der Waals surface area contributed by atoms with Gasteiger partial charge in [-0.2, -0.15) is 0 Å². The highest BCUT2D eigenvalue weighted by atomic mass is 35.5. The molecule has 0 fully saturated rings. The first-order chi connectivity index (χ1) is 11.9. The molecular formula is C18H12ClF2NO2S. The molecule has 2 aromatic carbocycles. The Morgan fingerprint density at radius 2 is 1.88 bits per heavy atom. The summed E-state index contributed by atoms with van der Waals surface area (Å²) < 4.78 is 31.4. The quantitative estimate of drug-likeness (QED) is 0.449. The Balaban J connectivity index is 1.69. The SMILES string of the molecule is Cc1ccc(-c2nc(COC(=O)c3cc(F)c(F)cc3Cl)cs2)cc1. The van der Waals surface area contributed by atoms with Crippen molar-refractivity contribution in [2.75, 3.05) is 0 Å². The van der Waals surface area contributed by atoms with Gasteiger partial charge in [-0.05, 0) is 19.1 Å². The Labute approximate surface area is 151 Å². The molecule has 7 heteroatoms. The van der Waals surface area contributed by atoms with Crippen molar-refractivity contribution in [1.29, 1.82) is 0 Å². The molecule has 0 radical (unpaired) electrons. The average molecular weight is 380 g/mol. The molecule has 0 aliphatic rings. The Morgan fingerprint density at radius 1 is 1.20 bits per heavy atom. The third-order valence-electron chi connectivity index (χ3n) is 3.43. The number of hydrogen-bond donors (Lipinski definition) is 0. The summed E-state index contributed by atoms with van der Waals surface area (Å²) in [5.41, 5.74) is 2.46. The van der Waals surface area contributed by atoms with Gasteiger partial charge in [-0.3, -0.25) is 0 Å². The van der Waals surface area contributed by atoms with Gasteiger partial charge in [-0.25, -0.2) is 18.6 Å². The Kier molecular flexibility index (Phi) is 5.11. The number of aryl methyl sites for hydroxylation is 1. The molecule has 0 aliphatic carbocycles. The number of carbonyl (C=O) groups excluding carboxylic acids is 1. The largest absolute Gasteiger partial charge is 0.456 e. The summed E-state index contributed by atoms with van der Waals surface area (Å²) in [5.74, 6) is -3.12. The molecule has 1 aromatic heterocycles. The minimum Gasteiger partial charge on any atom is -0.456 e. The van der Waals surface area contributed by atoms with Gasteiger partial charge in [0.1, 0.15) is 11.6 Å². The van der Waals surface area contributed by atoms with Crippen LogP contribution in [-0.2, 0) is 11.3 Å². The Hall–Kier alpha value is -2.31. The number of ether oxygens (including phenoxy) is 1. The topological polar surface area (TPSA) is 39.2 Å². The van der Waals surface area contributed by atoms with Gasteiger partial charge in [0, 0.05) is 10.9 Å². The van der Waals surface area contributed by atoms with Crippen LogP contribution in [0.15, 0.2) is 41.8 Å². The van der Waals surface area contributed by atoms with E-state index < -0.39 is 17.6 Å². The van der Waals surface area contributed by atoms with Gasteiger partial charge >= 0.3 is 5.97 Å². The van der Waals surface area contributed by atoms with Crippen LogP contribution in [0.1, 0.15) is 21.6 Å². The van der Waals surface area contributed by atoms with Crippen LogP contribution >= 0.6 is 22.9 Å². The summed E-state index contributed by atoms with van der Waals surface area (Å²) in [4.78, 5) is 16.4. The molecule has 0 saturated heterocycles. The van der Waals surface area contributed by atoms with Crippen LogP contribution in [0.2, 0.25) is 5.02 Å². The maximum Gasteiger partial charge on any atom is 0.340 e. The van der Waals surface area contributed by atoms with Crippen LogP contribution in [0.25, 0.3) is 10.6 Å². The molecule has 128 valence electrons. The average Bonchev–Trinajstić information content (AvgIpc) is 3.05. The zero-order valence-electron chi connectivity index (χ0n) is 13.1. The second kappa shape index (κ2) is 7.29. The molecule has 0 spiro atoms. The predicted octanol–water partition coefficient (Wildman–Crippen LogP) is 5.41. The molecule has 25 heavy (non-hydrogen) atoms. The molecular weight excluding hydrogens is 368 g/mol. The smallest absolute Gasteiger partial charge is 0.340 e. The lowest BCUT2D eigenvalue weighted by Gasteiger charge is -2.05. The highest BCUT2D eigenvalue weighted by Gasteiger charge is 2.17. The Bertz CT molecular complexity index is 925. The van der Waals surface area contributed by atoms with Crippen LogP contribution in [-0.4, -0.2) is 11.0 Å². The molecule has 0 atom stereocenters. The first kappa shape index (κ1) is 17.5. The second-order valence-electron chi connectivity index (χ2n) is 5.33. The lowest BCUT2D eigenvalue weighted by atomic mass is 10.2. The van der Waals surface area contributed by atoms with Gasteiger partial charge in [-0.15, -0.1) is 11.3 Å². The summed E-state index contributed by atoms with van der Waals surface area (Å²) >= 11 is 7.18. The number of esters is 1. The van der Waals surface area contributed by atoms with E-state index in [0.717, 1.165) is 28.3 Å². The molecule has 3 nitrogen and oxygen atoms in total. The fourth-order valence-electron chi connectivity index (χ4n) is 2.10. The molecule has 1 heterocycles. The summed E-state index contributed by atoms with van der Waals surface area (Å²) in [7, 11) is 0. The highest BCUT2D eigenvalue weighted by molar-refractivity contribution is 7.13. The molecule has 0 unspecified atom stereocenters. The van der Waals surface area contributed by atoms with Crippen molar-refractivity contribution in [2.24, 2.45) is 0 Å². The highest BCUT2D eigenvalue weighted by Crippen LogP contribution is 2.25. The molecule has 3 rings (SSSR count). The van der Waals surface area contributed by atoms with Crippen LogP contribution in [0, 0.1) is 18.6 Å². The van der Waals surface area contributed by atoms with E-state index in [0.29, 0.717) is 5.69 Å². The van der Waals surface area contributed by atoms with E-state index in [4.69, 9.17) is 16.3 Å². The number of carbonyl (C=O) groups is 1. The molecule has 3 aromatic rings. The van der Waals surface area contributed by atoms with E-state index in [2.05, 4.69) is 4.98 Å². The fourth-order valence-corrected chi connectivity index (χ4v) is 3.14. The Morgan fingerprint density at radius 3 is 2.60 bits per heavy atom. The standard InChI is InChI=1S/C18H12ClF2NO2S/c1-10-2-4-11(5-3-10)17-22-12(9-25-17)8-24-18(23)13-6-15(20)16(21)7-14(13)19/h2-7,9H,8H2,1H3. The monoisotopic (exact) mass is 379 g/mol. The fraction of sp³-hybridized carbons (Fsp3) is 0.111. The summed E-state index contributed by atoms with van der Waals surface area (Å²) in [6.07, 6.45) is 0. The second-order valence-corrected chi connectivity index (χ2v) is 6.60. The van der Waals surface area contributed by atoms with Gasteiger partial charge in [-0.1, -0.05) is 41.4 Å². The zero-order chi connectivity index (χ0) is 18.0. The van der Waals surface area contributed by atoms with Crippen molar-refractivity contribution in [3.8, 4) is 10.6 Å². The minimum absolute atomic E-state index is 0.0868. The van der Waals surface area contributed by atoms with Crippen LogP contribution in [0.5, 0.6) is 0 Å². The lowest BCUT2D eigenvalue weighted by Crippen LogP contribution is -2.07. The van der Waals surface area contributed by atoms with Crippen molar-refractivity contribution < 1.29 is 18.3 Å². The number of rotatable bonds is 4. The van der Waals surface area contributed by atoms with E-state index in [-0.39, 0.29) is 17.2 Å². The zero-order valence-corrected chi connectivity index (χ0v) is 14.6. The maximum absolute atomic E-state index is 13.3. The maximum atomic E-state index is 13.3. The van der Waals surface area contributed by atoms with Crippen LogP contribution in [0.3, 0.4) is 0 Å². The summed E-state index contributed by atoms with van der Waals surface area (Å²) in [6.45, 7) is 1.91. The minimum atomic E-state index is -1.16. The van der Waals surface area contributed by atoms with Gasteiger partial charge < -0.3 is 4.74 Å². The lowest BCUT2D eigenvalue weighted by molar-refractivity contribution is 0.0468.